The van der Waals surface area contributed by atoms with Crippen molar-refractivity contribution in [1.29, 1.82) is 0 Å². The summed E-state index contributed by atoms with van der Waals surface area (Å²) < 4.78 is 5.44. The second-order valence-corrected chi connectivity index (χ2v) is 13.1. The van der Waals surface area contributed by atoms with Gasteiger partial charge in [0.2, 0.25) is 0 Å². The number of carbonyl (C=O) groups is 1. The first-order valence-corrected chi connectivity index (χ1v) is 16.3. The standard InChI is InChI=1S/C33H46ClN3O2S/c1-5-6-20-37-24-35-33(32(38)39-4,23-40-22-26-10-8-7-9-11-26)30(37)21-25-12-14-27(15-13-25)31(36(2)3)28-16-18-29(34)19-17-28/h7-11,16-19,24-25,27,30-31H,5-6,12-15,20-23H2,1-4H3. The summed E-state index contributed by atoms with van der Waals surface area (Å²) in [5, 5.41) is 0.785. The molecule has 40 heavy (non-hydrogen) atoms. The molecule has 0 spiro atoms. The minimum absolute atomic E-state index is 0.0391. The summed E-state index contributed by atoms with van der Waals surface area (Å²) in [5.74, 6) is 2.47. The molecule has 1 aliphatic carbocycles. The highest BCUT2D eigenvalue weighted by Gasteiger charge is 2.52. The van der Waals surface area contributed by atoms with Gasteiger partial charge in [-0.3, -0.25) is 4.99 Å². The molecule has 218 valence electrons. The summed E-state index contributed by atoms with van der Waals surface area (Å²) >= 11 is 7.97. The number of hydrogen-bond acceptors (Lipinski definition) is 6. The summed E-state index contributed by atoms with van der Waals surface area (Å²) in [6, 6.07) is 19.3. The van der Waals surface area contributed by atoms with Crippen LogP contribution in [0.5, 0.6) is 0 Å². The van der Waals surface area contributed by atoms with Gasteiger partial charge in [0.1, 0.15) is 0 Å². The SMILES string of the molecule is CCCCN1C=NC(CSCc2ccccc2)(C(=O)OC)C1CC1CCC(C(c2ccc(Cl)cc2)N(C)C)CC1. The van der Waals surface area contributed by atoms with Crippen molar-refractivity contribution in [3.8, 4) is 0 Å². The average molecular weight is 584 g/mol. The number of nitrogens with zero attached hydrogens (tertiary/aromatic N) is 3. The van der Waals surface area contributed by atoms with Gasteiger partial charge in [0, 0.05) is 29.1 Å². The van der Waals surface area contributed by atoms with E-state index in [1.54, 1.807) is 11.8 Å². The molecule has 0 amide bonds. The topological polar surface area (TPSA) is 45.1 Å². The average Bonchev–Trinajstić information content (AvgIpc) is 3.31. The first-order valence-electron chi connectivity index (χ1n) is 14.8. The largest absolute Gasteiger partial charge is 0.467 e. The van der Waals surface area contributed by atoms with Crippen LogP contribution in [0, 0.1) is 11.8 Å². The number of ether oxygens (including phenoxy) is 1. The van der Waals surface area contributed by atoms with E-state index < -0.39 is 5.54 Å². The Morgan fingerprint density at radius 3 is 2.45 bits per heavy atom. The molecule has 1 fully saturated rings. The Kier molecular flexibility index (Phi) is 11.4. The molecule has 0 radical (unpaired) electrons. The van der Waals surface area contributed by atoms with Crippen LogP contribution in [0.15, 0.2) is 59.6 Å². The number of esters is 1. The lowest BCUT2D eigenvalue weighted by molar-refractivity contribution is -0.147. The molecule has 3 unspecified atom stereocenters. The van der Waals surface area contributed by atoms with Crippen LogP contribution in [0.2, 0.25) is 5.02 Å². The zero-order valence-corrected chi connectivity index (χ0v) is 26.2. The van der Waals surface area contributed by atoms with Gasteiger partial charge in [-0.25, -0.2) is 4.79 Å². The van der Waals surface area contributed by atoms with Crippen molar-refractivity contribution in [3.63, 3.8) is 0 Å². The zero-order valence-electron chi connectivity index (χ0n) is 24.6. The van der Waals surface area contributed by atoms with Crippen LogP contribution in [-0.2, 0) is 15.3 Å². The maximum absolute atomic E-state index is 13.5. The Morgan fingerprint density at radius 1 is 1.12 bits per heavy atom. The molecule has 1 saturated carbocycles. The highest BCUT2D eigenvalue weighted by Crippen LogP contribution is 2.43. The highest BCUT2D eigenvalue weighted by molar-refractivity contribution is 7.98. The molecule has 2 aromatic carbocycles. The summed E-state index contributed by atoms with van der Waals surface area (Å²) in [7, 11) is 5.88. The number of methoxy groups -OCH3 is 1. The number of unbranched alkanes of at least 4 members (excludes halogenated alkanes) is 1. The lowest BCUT2D eigenvalue weighted by Crippen LogP contribution is -2.54. The molecule has 1 aliphatic heterocycles. The Bertz CT molecular complexity index is 1090. The van der Waals surface area contributed by atoms with Crippen molar-refractivity contribution in [3.05, 3.63) is 70.7 Å². The number of thioether (sulfide) groups is 1. The molecular formula is C33H46ClN3O2S. The smallest absolute Gasteiger partial charge is 0.336 e. The van der Waals surface area contributed by atoms with E-state index in [0.717, 1.165) is 36.6 Å². The van der Waals surface area contributed by atoms with Gasteiger partial charge in [-0.15, -0.1) is 0 Å². The van der Waals surface area contributed by atoms with E-state index in [2.05, 4.69) is 67.2 Å². The Hall–Kier alpha value is -2.02. The van der Waals surface area contributed by atoms with Crippen molar-refractivity contribution in [1.82, 2.24) is 9.80 Å². The van der Waals surface area contributed by atoms with E-state index in [4.69, 9.17) is 21.3 Å². The summed E-state index contributed by atoms with van der Waals surface area (Å²) in [5.41, 5.74) is 1.75. The molecule has 0 N–H and O–H groups in total. The van der Waals surface area contributed by atoms with E-state index in [1.807, 2.05) is 24.5 Å². The number of aliphatic imine (C=N–C) groups is 1. The van der Waals surface area contributed by atoms with E-state index >= 15 is 0 Å². The second-order valence-electron chi connectivity index (χ2n) is 11.7. The van der Waals surface area contributed by atoms with Gasteiger partial charge < -0.3 is 14.5 Å². The lowest BCUT2D eigenvalue weighted by atomic mass is 9.73. The number of carbonyl (C=O) groups excluding carboxylic acids is 1. The van der Waals surface area contributed by atoms with Crippen molar-refractivity contribution >= 4 is 35.7 Å². The van der Waals surface area contributed by atoms with Crippen LogP contribution in [0.1, 0.15) is 69.0 Å². The third-order valence-electron chi connectivity index (χ3n) is 8.79. The van der Waals surface area contributed by atoms with Crippen LogP contribution in [0.3, 0.4) is 0 Å². The molecule has 5 nitrogen and oxygen atoms in total. The Balaban J connectivity index is 1.46. The highest BCUT2D eigenvalue weighted by atomic mass is 35.5. The van der Waals surface area contributed by atoms with E-state index in [-0.39, 0.29) is 12.0 Å². The minimum atomic E-state index is -0.853. The fourth-order valence-electron chi connectivity index (χ4n) is 6.67. The maximum Gasteiger partial charge on any atom is 0.336 e. The first kappa shape index (κ1) is 30.9. The van der Waals surface area contributed by atoms with E-state index in [1.165, 1.54) is 43.9 Å². The van der Waals surface area contributed by atoms with Crippen LogP contribution in [-0.4, -0.2) is 67.2 Å². The van der Waals surface area contributed by atoms with Crippen molar-refractivity contribution in [2.75, 3.05) is 33.5 Å². The van der Waals surface area contributed by atoms with Gasteiger partial charge in [-0.2, -0.15) is 11.8 Å². The fraction of sp³-hybridized carbons (Fsp3) is 0.576. The Morgan fingerprint density at radius 2 is 1.82 bits per heavy atom. The lowest BCUT2D eigenvalue weighted by Gasteiger charge is -2.41. The van der Waals surface area contributed by atoms with Gasteiger partial charge >= 0.3 is 5.97 Å². The number of rotatable bonds is 13. The second kappa shape index (κ2) is 14.7. The van der Waals surface area contributed by atoms with Crippen LogP contribution in [0.25, 0.3) is 0 Å². The van der Waals surface area contributed by atoms with Gasteiger partial charge in [0.05, 0.1) is 19.5 Å². The molecule has 4 rings (SSSR count). The van der Waals surface area contributed by atoms with Crippen molar-refractivity contribution < 1.29 is 9.53 Å². The predicted molar refractivity (Wildman–Crippen MR) is 169 cm³/mol. The molecule has 7 heteroatoms. The number of hydrogen-bond donors (Lipinski definition) is 0. The summed E-state index contributed by atoms with van der Waals surface area (Å²) in [6.07, 6.45) is 9.87. The Labute approximate surface area is 250 Å². The molecule has 0 bridgehead atoms. The molecule has 1 heterocycles. The maximum atomic E-state index is 13.5. The van der Waals surface area contributed by atoms with E-state index in [0.29, 0.717) is 23.6 Å². The van der Waals surface area contributed by atoms with Gasteiger partial charge in [0.15, 0.2) is 5.54 Å². The minimum Gasteiger partial charge on any atom is -0.467 e. The first-order chi connectivity index (χ1) is 19.4. The summed E-state index contributed by atoms with van der Waals surface area (Å²) in [4.78, 5) is 23.1. The molecule has 0 saturated heterocycles. The van der Waals surface area contributed by atoms with Crippen LogP contribution >= 0.6 is 23.4 Å². The van der Waals surface area contributed by atoms with Gasteiger partial charge in [-0.05, 0) is 74.9 Å². The van der Waals surface area contributed by atoms with Crippen LogP contribution < -0.4 is 0 Å². The molecular weight excluding hydrogens is 538 g/mol. The van der Waals surface area contributed by atoms with Gasteiger partial charge in [-0.1, -0.05) is 80.3 Å². The van der Waals surface area contributed by atoms with Crippen LogP contribution in [0.4, 0.5) is 0 Å². The number of halogens is 1. The molecule has 0 aromatic heterocycles. The molecule has 3 atom stereocenters. The molecule has 2 aliphatic rings. The van der Waals surface area contributed by atoms with E-state index in [9.17, 15) is 4.79 Å². The zero-order chi connectivity index (χ0) is 28.5. The predicted octanol–water partition coefficient (Wildman–Crippen LogP) is 7.50. The fourth-order valence-corrected chi connectivity index (χ4v) is 8.02. The number of benzene rings is 2. The monoisotopic (exact) mass is 583 g/mol. The summed E-state index contributed by atoms with van der Waals surface area (Å²) in [6.45, 7) is 3.15. The third kappa shape index (κ3) is 7.43. The molecule has 2 aromatic rings. The third-order valence-corrected chi connectivity index (χ3v) is 10.2. The van der Waals surface area contributed by atoms with Gasteiger partial charge in [0.25, 0.3) is 0 Å². The van der Waals surface area contributed by atoms with Crippen molar-refractivity contribution in [2.45, 2.75) is 75.2 Å². The quantitative estimate of drug-likeness (QED) is 0.228. The normalized spacial score (nSPS) is 25.4. The van der Waals surface area contributed by atoms with Crippen molar-refractivity contribution in [2.24, 2.45) is 16.8 Å².